The number of hydrogen-bond donors (Lipinski definition) is 0. The van der Waals surface area contributed by atoms with E-state index in [-0.39, 0.29) is 42.1 Å². The summed E-state index contributed by atoms with van der Waals surface area (Å²) in [5.74, 6) is -1.14. The summed E-state index contributed by atoms with van der Waals surface area (Å²) < 4.78 is 0. The lowest BCUT2D eigenvalue weighted by molar-refractivity contribution is -0.147. The molecule has 148 valence electrons. The molecule has 5 rings (SSSR count). The molecule has 0 spiro atoms. The van der Waals surface area contributed by atoms with Gasteiger partial charge >= 0.3 is 0 Å². The fraction of sp³-hybridized carbons (Fsp3) is 0.348. The zero-order chi connectivity index (χ0) is 20.0. The predicted molar refractivity (Wildman–Crippen MR) is 110 cm³/mol. The Labute approximate surface area is 173 Å². The molecule has 0 radical (unpaired) electrons. The molecule has 3 heterocycles. The number of fused-ring (bicyclic) bond motifs is 2. The lowest BCUT2D eigenvalue weighted by Gasteiger charge is -2.37. The second-order valence-electron chi connectivity index (χ2n) is 7.87. The largest absolute Gasteiger partial charge is 0.330 e. The van der Waals surface area contributed by atoms with Crippen LogP contribution in [0.25, 0.3) is 0 Å². The second kappa shape index (κ2) is 7.26. The lowest BCUT2D eigenvalue weighted by atomic mass is 9.85. The first-order chi connectivity index (χ1) is 14.1. The van der Waals surface area contributed by atoms with E-state index in [2.05, 4.69) is 11.4 Å². The first kappa shape index (κ1) is 18.3. The number of allylic oxidation sites excluding steroid dienone is 2. The monoisotopic (exact) mass is 406 g/mol. The summed E-state index contributed by atoms with van der Waals surface area (Å²) in [7, 11) is 0. The van der Waals surface area contributed by atoms with E-state index < -0.39 is 0 Å². The van der Waals surface area contributed by atoms with Gasteiger partial charge in [-0.2, -0.15) is 0 Å². The average Bonchev–Trinajstić information content (AvgIpc) is 3.33. The third-order valence-corrected chi connectivity index (χ3v) is 7.29. The molecule has 1 aliphatic carbocycles. The molecule has 29 heavy (non-hydrogen) atoms. The molecule has 0 unspecified atom stereocenters. The molecule has 1 saturated heterocycles. The van der Waals surface area contributed by atoms with Crippen LogP contribution in [0.1, 0.15) is 34.9 Å². The van der Waals surface area contributed by atoms with Gasteiger partial charge in [-0.1, -0.05) is 42.5 Å². The molecule has 0 bridgehead atoms. The molecule has 1 aromatic carbocycles. The lowest BCUT2D eigenvalue weighted by Crippen LogP contribution is -2.47. The Morgan fingerprint density at radius 2 is 1.69 bits per heavy atom. The van der Waals surface area contributed by atoms with Crippen molar-refractivity contribution in [2.75, 3.05) is 13.1 Å². The fourth-order valence-corrected chi connectivity index (χ4v) is 5.73. The molecule has 0 N–H and O–H groups in total. The van der Waals surface area contributed by atoms with Crippen LogP contribution in [0.3, 0.4) is 0 Å². The van der Waals surface area contributed by atoms with Crippen LogP contribution in [0.15, 0.2) is 53.9 Å². The third-order valence-electron chi connectivity index (χ3n) is 6.29. The topological polar surface area (TPSA) is 57.7 Å². The zero-order valence-electron chi connectivity index (χ0n) is 16.0. The van der Waals surface area contributed by atoms with Gasteiger partial charge in [0.1, 0.15) is 6.54 Å². The molecular formula is C23H22N2O3S. The van der Waals surface area contributed by atoms with Gasteiger partial charge in [0, 0.05) is 11.4 Å². The summed E-state index contributed by atoms with van der Waals surface area (Å²) in [6.45, 7) is 0.435. The maximum atomic E-state index is 13.3. The molecule has 5 nitrogen and oxygen atoms in total. The second-order valence-corrected chi connectivity index (χ2v) is 8.87. The van der Waals surface area contributed by atoms with E-state index in [4.69, 9.17) is 0 Å². The van der Waals surface area contributed by atoms with Crippen molar-refractivity contribution in [1.82, 2.24) is 9.80 Å². The van der Waals surface area contributed by atoms with E-state index in [1.807, 2.05) is 47.4 Å². The van der Waals surface area contributed by atoms with Crippen LogP contribution >= 0.6 is 11.3 Å². The molecule has 1 aromatic heterocycles. The first-order valence-corrected chi connectivity index (χ1v) is 10.9. The molecule has 3 atom stereocenters. The minimum absolute atomic E-state index is 0.159. The summed E-state index contributed by atoms with van der Waals surface area (Å²) in [5, 5.41) is 2.07. The summed E-state index contributed by atoms with van der Waals surface area (Å²) in [6, 6.07) is 11.9. The minimum atomic E-state index is -0.296. The highest BCUT2D eigenvalue weighted by atomic mass is 32.1. The quantitative estimate of drug-likeness (QED) is 0.581. The molecule has 3 amide bonds. The highest BCUT2D eigenvalue weighted by molar-refractivity contribution is 7.10. The molecule has 1 fully saturated rings. The van der Waals surface area contributed by atoms with Gasteiger partial charge in [-0.3, -0.25) is 19.3 Å². The van der Waals surface area contributed by atoms with Crippen LogP contribution in [0.5, 0.6) is 0 Å². The Hall–Kier alpha value is -2.73. The average molecular weight is 407 g/mol. The molecule has 2 aromatic rings. The number of imide groups is 1. The van der Waals surface area contributed by atoms with Crippen molar-refractivity contribution < 1.29 is 14.4 Å². The predicted octanol–water partition coefficient (Wildman–Crippen LogP) is 3.17. The summed E-state index contributed by atoms with van der Waals surface area (Å²) >= 11 is 1.72. The van der Waals surface area contributed by atoms with E-state index >= 15 is 0 Å². The molecule has 2 aliphatic heterocycles. The molecule has 6 heteroatoms. The summed E-state index contributed by atoms with van der Waals surface area (Å²) in [6.07, 6.45) is 5.92. The number of benzene rings is 1. The Morgan fingerprint density at radius 3 is 2.38 bits per heavy atom. The van der Waals surface area contributed by atoms with E-state index in [0.29, 0.717) is 19.4 Å². The van der Waals surface area contributed by atoms with Crippen molar-refractivity contribution in [2.24, 2.45) is 11.8 Å². The Kier molecular flexibility index (Phi) is 4.59. The van der Waals surface area contributed by atoms with Gasteiger partial charge < -0.3 is 4.90 Å². The van der Waals surface area contributed by atoms with Crippen LogP contribution in [0, 0.1) is 11.8 Å². The smallest absolute Gasteiger partial charge is 0.243 e. The van der Waals surface area contributed by atoms with Crippen molar-refractivity contribution in [3.8, 4) is 0 Å². The standard InChI is InChI=1S/C23H22N2O3S/c26-20(14-25-22(27)16-8-4-5-9-17(16)23(25)28)24-12-10-19-18(11-13-29-19)21(24)15-6-2-1-3-7-15/h1-7,11,13,16-17,21H,8-10,12,14H2/t16-,17-,21+/m1/s1. The Bertz CT molecular complexity index is 971. The summed E-state index contributed by atoms with van der Waals surface area (Å²) in [4.78, 5) is 43.2. The fourth-order valence-electron chi connectivity index (χ4n) is 4.83. The van der Waals surface area contributed by atoms with Gasteiger partial charge in [0.05, 0.1) is 17.9 Å². The van der Waals surface area contributed by atoms with Crippen LogP contribution in [0.2, 0.25) is 0 Å². The normalized spacial score (nSPS) is 25.9. The Morgan fingerprint density at radius 1 is 1.00 bits per heavy atom. The third kappa shape index (κ3) is 3.02. The number of likely N-dealkylation sites (tertiary alicyclic amines) is 1. The molecule has 3 aliphatic rings. The van der Waals surface area contributed by atoms with E-state index in [1.54, 1.807) is 11.3 Å². The number of amides is 3. The van der Waals surface area contributed by atoms with Gasteiger partial charge in [0.25, 0.3) is 0 Å². The number of hydrogen-bond acceptors (Lipinski definition) is 4. The number of rotatable bonds is 3. The highest BCUT2D eigenvalue weighted by Crippen LogP contribution is 2.39. The maximum absolute atomic E-state index is 13.3. The zero-order valence-corrected chi connectivity index (χ0v) is 16.8. The van der Waals surface area contributed by atoms with E-state index in [9.17, 15) is 14.4 Å². The van der Waals surface area contributed by atoms with Crippen molar-refractivity contribution in [3.63, 3.8) is 0 Å². The number of carbonyl (C=O) groups is 3. The number of thiophene rings is 1. The van der Waals surface area contributed by atoms with Crippen LogP contribution in [-0.2, 0) is 20.8 Å². The van der Waals surface area contributed by atoms with Crippen LogP contribution < -0.4 is 0 Å². The van der Waals surface area contributed by atoms with Gasteiger partial charge in [0.2, 0.25) is 17.7 Å². The SMILES string of the molecule is O=C1[C@@H]2CC=CC[C@H]2C(=O)N1CC(=O)N1CCc2sccc2[C@@H]1c1ccccc1. The van der Waals surface area contributed by atoms with Crippen LogP contribution in [0.4, 0.5) is 0 Å². The molecular weight excluding hydrogens is 384 g/mol. The van der Waals surface area contributed by atoms with E-state index in [0.717, 1.165) is 17.5 Å². The van der Waals surface area contributed by atoms with Gasteiger partial charge in [-0.05, 0) is 41.8 Å². The van der Waals surface area contributed by atoms with Crippen LogP contribution in [-0.4, -0.2) is 40.6 Å². The minimum Gasteiger partial charge on any atom is -0.330 e. The Balaban J connectivity index is 1.42. The van der Waals surface area contributed by atoms with Crippen molar-refractivity contribution in [3.05, 3.63) is 69.9 Å². The van der Waals surface area contributed by atoms with Gasteiger partial charge in [-0.25, -0.2) is 0 Å². The number of nitrogens with zero attached hydrogens (tertiary/aromatic N) is 2. The van der Waals surface area contributed by atoms with Crippen molar-refractivity contribution in [1.29, 1.82) is 0 Å². The maximum Gasteiger partial charge on any atom is 0.243 e. The molecule has 0 saturated carbocycles. The van der Waals surface area contributed by atoms with Gasteiger partial charge in [-0.15, -0.1) is 11.3 Å². The van der Waals surface area contributed by atoms with Gasteiger partial charge in [0.15, 0.2) is 0 Å². The summed E-state index contributed by atoms with van der Waals surface area (Å²) in [5.41, 5.74) is 2.20. The highest BCUT2D eigenvalue weighted by Gasteiger charge is 2.48. The van der Waals surface area contributed by atoms with Crippen molar-refractivity contribution >= 4 is 29.1 Å². The van der Waals surface area contributed by atoms with Crippen molar-refractivity contribution in [2.45, 2.75) is 25.3 Å². The van der Waals surface area contributed by atoms with E-state index in [1.165, 1.54) is 9.78 Å². The first-order valence-electron chi connectivity index (χ1n) is 10.1. The number of carbonyl (C=O) groups excluding carboxylic acids is 3.